The van der Waals surface area contributed by atoms with Crippen LogP contribution in [-0.2, 0) is 25.5 Å². The fourth-order valence-corrected chi connectivity index (χ4v) is 2.29. The average molecular weight is 379 g/mol. The molecule has 2 N–H and O–H groups in total. The van der Waals surface area contributed by atoms with E-state index in [-0.39, 0.29) is 43.6 Å². The first-order chi connectivity index (χ1) is 12.9. The summed E-state index contributed by atoms with van der Waals surface area (Å²) in [6.07, 6.45) is 3.04. The van der Waals surface area contributed by atoms with E-state index in [2.05, 4.69) is 15.0 Å². The van der Waals surface area contributed by atoms with Crippen molar-refractivity contribution in [1.82, 2.24) is 19.5 Å². The number of esters is 1. The molecule has 1 atom stereocenters. The topological polar surface area (TPSA) is 131 Å². The Morgan fingerprint density at radius 2 is 1.96 bits per heavy atom. The standard InChI is InChI=1S/C17H25N5O5/c1-4-14(23)25-8-12(9-26-17(24)27-11(2)3)5-6-22-10-20-13-7-19-16(18)21-15(13)22/h7,10-12H,4-6,8-9H2,1-3H3,(H2,18,19,21). The molecule has 0 saturated carbocycles. The second-order valence-electron chi connectivity index (χ2n) is 6.29. The van der Waals surface area contributed by atoms with Crippen molar-refractivity contribution in [2.75, 3.05) is 18.9 Å². The Labute approximate surface area is 157 Å². The molecule has 2 heterocycles. The van der Waals surface area contributed by atoms with Crippen molar-refractivity contribution in [3.8, 4) is 0 Å². The van der Waals surface area contributed by atoms with Gasteiger partial charge in [0.1, 0.15) is 12.1 Å². The average Bonchev–Trinajstić information content (AvgIpc) is 3.02. The molecule has 0 saturated heterocycles. The molecule has 0 aliphatic heterocycles. The van der Waals surface area contributed by atoms with E-state index in [0.717, 1.165) is 0 Å². The van der Waals surface area contributed by atoms with E-state index < -0.39 is 6.16 Å². The highest BCUT2D eigenvalue weighted by molar-refractivity contribution is 5.70. The van der Waals surface area contributed by atoms with Crippen LogP contribution < -0.4 is 5.73 Å². The van der Waals surface area contributed by atoms with E-state index in [1.165, 1.54) is 0 Å². The molecule has 0 radical (unpaired) electrons. The zero-order chi connectivity index (χ0) is 19.8. The molecule has 2 aromatic rings. The molecule has 10 nitrogen and oxygen atoms in total. The number of nitrogen functional groups attached to an aromatic ring is 1. The molecule has 2 rings (SSSR count). The van der Waals surface area contributed by atoms with E-state index in [1.54, 1.807) is 33.3 Å². The van der Waals surface area contributed by atoms with E-state index in [9.17, 15) is 9.59 Å². The number of fused-ring (bicyclic) bond motifs is 1. The number of carbonyl (C=O) groups excluding carboxylic acids is 2. The van der Waals surface area contributed by atoms with Crippen LogP contribution in [0.1, 0.15) is 33.6 Å². The van der Waals surface area contributed by atoms with Gasteiger partial charge in [0.05, 0.1) is 25.2 Å². The molecule has 0 fully saturated rings. The van der Waals surface area contributed by atoms with Gasteiger partial charge in [0.15, 0.2) is 5.65 Å². The van der Waals surface area contributed by atoms with Gasteiger partial charge in [-0.25, -0.2) is 14.8 Å². The summed E-state index contributed by atoms with van der Waals surface area (Å²) < 4.78 is 17.1. The fourth-order valence-electron chi connectivity index (χ4n) is 2.29. The lowest BCUT2D eigenvalue weighted by Crippen LogP contribution is -2.23. The largest absolute Gasteiger partial charge is 0.508 e. The second kappa shape index (κ2) is 9.70. The number of hydrogen-bond acceptors (Lipinski definition) is 9. The molecule has 0 amide bonds. The molecule has 10 heteroatoms. The van der Waals surface area contributed by atoms with Gasteiger partial charge in [-0.3, -0.25) is 4.79 Å². The van der Waals surface area contributed by atoms with Gasteiger partial charge >= 0.3 is 12.1 Å². The number of carbonyl (C=O) groups is 2. The number of aromatic nitrogens is 4. The zero-order valence-electron chi connectivity index (χ0n) is 15.8. The highest BCUT2D eigenvalue weighted by atomic mass is 16.7. The van der Waals surface area contributed by atoms with Crippen LogP contribution in [0.5, 0.6) is 0 Å². The quantitative estimate of drug-likeness (QED) is 0.649. The van der Waals surface area contributed by atoms with Crippen molar-refractivity contribution < 1.29 is 23.8 Å². The summed E-state index contributed by atoms with van der Waals surface area (Å²) in [5.41, 5.74) is 6.88. The Balaban J connectivity index is 1.97. The minimum absolute atomic E-state index is 0.0757. The van der Waals surface area contributed by atoms with E-state index in [4.69, 9.17) is 19.9 Å². The molecular formula is C17H25N5O5. The Hall–Kier alpha value is -2.91. The van der Waals surface area contributed by atoms with Crippen molar-refractivity contribution in [2.24, 2.45) is 5.92 Å². The molecule has 0 bridgehead atoms. The molecule has 1 unspecified atom stereocenters. The maximum absolute atomic E-state index is 11.6. The number of ether oxygens (including phenoxy) is 3. The van der Waals surface area contributed by atoms with Crippen molar-refractivity contribution in [2.45, 2.75) is 46.3 Å². The summed E-state index contributed by atoms with van der Waals surface area (Å²) in [7, 11) is 0. The van der Waals surface area contributed by atoms with Crippen molar-refractivity contribution in [3.05, 3.63) is 12.5 Å². The van der Waals surface area contributed by atoms with Crippen molar-refractivity contribution in [3.63, 3.8) is 0 Å². The van der Waals surface area contributed by atoms with E-state index >= 15 is 0 Å². The monoisotopic (exact) mass is 379 g/mol. The highest BCUT2D eigenvalue weighted by Gasteiger charge is 2.17. The third-order valence-corrected chi connectivity index (χ3v) is 3.69. The van der Waals surface area contributed by atoms with Crippen LogP contribution in [0.15, 0.2) is 12.5 Å². The van der Waals surface area contributed by atoms with Crippen LogP contribution in [0.2, 0.25) is 0 Å². The smallest absolute Gasteiger partial charge is 0.465 e. The number of anilines is 1. The molecule has 0 aromatic carbocycles. The summed E-state index contributed by atoms with van der Waals surface area (Å²) in [5, 5.41) is 0. The first kappa shape index (κ1) is 20.4. The predicted molar refractivity (Wildman–Crippen MR) is 96.7 cm³/mol. The maximum atomic E-state index is 11.6. The highest BCUT2D eigenvalue weighted by Crippen LogP contribution is 2.14. The van der Waals surface area contributed by atoms with E-state index in [1.807, 2.05) is 4.57 Å². The molecule has 148 valence electrons. The third kappa shape index (κ3) is 6.39. The van der Waals surface area contributed by atoms with Crippen LogP contribution in [-0.4, -0.2) is 51.0 Å². The number of imidazole rings is 1. The van der Waals surface area contributed by atoms with Gasteiger partial charge < -0.3 is 24.5 Å². The van der Waals surface area contributed by atoms with Gasteiger partial charge in [-0.15, -0.1) is 0 Å². The third-order valence-electron chi connectivity index (χ3n) is 3.69. The molecule has 0 aliphatic carbocycles. The van der Waals surface area contributed by atoms with Crippen LogP contribution in [0.4, 0.5) is 10.7 Å². The van der Waals surface area contributed by atoms with Gasteiger partial charge in [0.25, 0.3) is 0 Å². The number of hydrogen-bond donors (Lipinski definition) is 1. The number of nitrogens with zero attached hydrogens (tertiary/aromatic N) is 4. The van der Waals surface area contributed by atoms with Gasteiger partial charge in [-0.1, -0.05) is 6.92 Å². The lowest BCUT2D eigenvalue weighted by atomic mass is 10.1. The van der Waals surface area contributed by atoms with Crippen LogP contribution in [0, 0.1) is 5.92 Å². The minimum Gasteiger partial charge on any atom is -0.465 e. The van der Waals surface area contributed by atoms with Crippen molar-refractivity contribution >= 4 is 29.2 Å². The van der Waals surface area contributed by atoms with Crippen LogP contribution >= 0.6 is 0 Å². The van der Waals surface area contributed by atoms with E-state index in [0.29, 0.717) is 24.1 Å². The number of nitrogens with two attached hydrogens (primary N) is 1. The SMILES string of the molecule is CCC(=O)OCC(CCn1cnc2cnc(N)nc21)COC(=O)OC(C)C. The summed E-state index contributed by atoms with van der Waals surface area (Å²) >= 11 is 0. The molecule has 2 aromatic heterocycles. The maximum Gasteiger partial charge on any atom is 0.508 e. The fraction of sp³-hybridized carbons (Fsp3) is 0.588. The number of rotatable bonds is 9. The summed E-state index contributed by atoms with van der Waals surface area (Å²) in [5.74, 6) is -0.340. The van der Waals surface area contributed by atoms with Gasteiger partial charge in [0, 0.05) is 18.9 Å². The Kier molecular flexibility index (Phi) is 7.33. The Morgan fingerprint density at radius 1 is 1.22 bits per heavy atom. The molecule has 27 heavy (non-hydrogen) atoms. The van der Waals surface area contributed by atoms with Crippen molar-refractivity contribution in [1.29, 1.82) is 0 Å². The first-order valence-corrected chi connectivity index (χ1v) is 8.81. The lowest BCUT2D eigenvalue weighted by Gasteiger charge is -2.18. The normalized spacial score (nSPS) is 12.1. The second-order valence-corrected chi connectivity index (χ2v) is 6.29. The first-order valence-electron chi connectivity index (χ1n) is 8.81. The van der Waals surface area contributed by atoms with Gasteiger partial charge in [0.2, 0.25) is 5.95 Å². The Bertz CT molecular complexity index is 776. The molecule has 0 spiro atoms. The molecular weight excluding hydrogens is 354 g/mol. The number of aryl methyl sites for hydroxylation is 1. The summed E-state index contributed by atoms with van der Waals surface area (Å²) in [6.45, 7) is 5.94. The molecule has 0 aliphatic rings. The summed E-state index contributed by atoms with van der Waals surface area (Å²) in [6, 6.07) is 0. The lowest BCUT2D eigenvalue weighted by molar-refractivity contribution is -0.145. The zero-order valence-corrected chi connectivity index (χ0v) is 15.8. The van der Waals surface area contributed by atoms with Crippen LogP contribution in [0.3, 0.4) is 0 Å². The van der Waals surface area contributed by atoms with Gasteiger partial charge in [-0.05, 0) is 20.3 Å². The van der Waals surface area contributed by atoms with Gasteiger partial charge in [-0.2, -0.15) is 4.98 Å². The summed E-state index contributed by atoms with van der Waals surface area (Å²) in [4.78, 5) is 35.4. The minimum atomic E-state index is -0.745. The predicted octanol–water partition coefficient (Wildman–Crippen LogP) is 1.93. The Morgan fingerprint density at radius 3 is 2.67 bits per heavy atom. The van der Waals surface area contributed by atoms with Crippen LogP contribution in [0.25, 0.3) is 11.2 Å².